The minimum Gasteiger partial charge on any atom is -0.323 e. The summed E-state index contributed by atoms with van der Waals surface area (Å²) in [7, 11) is 0. The summed E-state index contributed by atoms with van der Waals surface area (Å²) in [4.78, 5) is 48.0. The number of aryl methyl sites for hydroxylation is 1. The van der Waals surface area contributed by atoms with E-state index < -0.39 is 35.5 Å². The Bertz CT molecular complexity index is 1960. The summed E-state index contributed by atoms with van der Waals surface area (Å²) in [6.07, 6.45) is 1.67. The lowest BCUT2D eigenvalue weighted by Crippen LogP contribution is -2.32. The molecule has 228 valence electrons. The van der Waals surface area contributed by atoms with Crippen molar-refractivity contribution < 1.29 is 23.2 Å². The summed E-state index contributed by atoms with van der Waals surface area (Å²) in [6, 6.07) is 16.7. The van der Waals surface area contributed by atoms with Gasteiger partial charge in [-0.15, -0.1) is 0 Å². The Labute approximate surface area is 262 Å². The predicted molar refractivity (Wildman–Crippen MR) is 167 cm³/mol. The molecule has 2 heterocycles. The number of nitrogens with zero attached hydrogens (tertiary/aromatic N) is 4. The van der Waals surface area contributed by atoms with E-state index in [1.165, 1.54) is 17.7 Å². The van der Waals surface area contributed by atoms with Crippen LogP contribution in [0.2, 0.25) is 5.02 Å². The van der Waals surface area contributed by atoms with Gasteiger partial charge in [0, 0.05) is 52.3 Å². The number of nitrogens with one attached hydrogen (secondary N) is 1. The first kappa shape index (κ1) is 30.2. The van der Waals surface area contributed by atoms with Crippen molar-refractivity contribution in [1.82, 2.24) is 19.7 Å². The molecule has 1 amide bonds. The fraction of sp³-hybridized carbons (Fsp3) is 0.235. The standard InChI is InChI=1S/C34H28ClF2N5O3/c1-18(43)33-27-12-20(21-15-38-19(2)39-16-21)10-11-30(27)42(41-33)17-31(44)25-13-22(36)14-26(25)34(45)40-29-9-5-7-24(32(29)37)23-6-3-4-8-28(23)35/h3-12,15-16,22,25-26H,13-14,17H2,1-2H3,(H,40,45)/t22-,25+,26?/m0/s1. The topological polar surface area (TPSA) is 107 Å². The number of aromatic nitrogens is 4. The molecule has 5 aromatic rings. The number of anilines is 1. The molecule has 1 N–H and O–H groups in total. The van der Waals surface area contributed by atoms with E-state index >= 15 is 4.39 Å². The maximum absolute atomic E-state index is 15.5. The Morgan fingerprint density at radius 3 is 2.40 bits per heavy atom. The molecule has 45 heavy (non-hydrogen) atoms. The Hall–Kier alpha value is -4.83. The summed E-state index contributed by atoms with van der Waals surface area (Å²) < 4.78 is 31.7. The second kappa shape index (κ2) is 12.3. The molecule has 6 rings (SSSR count). The highest BCUT2D eigenvalue weighted by atomic mass is 35.5. The molecule has 8 nitrogen and oxygen atoms in total. The van der Waals surface area contributed by atoms with Crippen molar-refractivity contribution in [3.05, 3.63) is 95.4 Å². The van der Waals surface area contributed by atoms with Crippen LogP contribution < -0.4 is 5.32 Å². The zero-order valence-electron chi connectivity index (χ0n) is 24.4. The van der Waals surface area contributed by atoms with Crippen LogP contribution in [0.1, 0.15) is 36.1 Å². The van der Waals surface area contributed by atoms with E-state index in [-0.39, 0.29) is 42.1 Å². The van der Waals surface area contributed by atoms with Gasteiger partial charge in [0.05, 0.1) is 17.1 Å². The van der Waals surface area contributed by atoms with E-state index in [2.05, 4.69) is 20.4 Å². The third kappa shape index (κ3) is 5.98. The fourth-order valence-electron chi connectivity index (χ4n) is 5.91. The molecule has 1 fully saturated rings. The number of rotatable bonds is 8. The molecule has 0 saturated heterocycles. The first-order chi connectivity index (χ1) is 21.6. The van der Waals surface area contributed by atoms with Crippen LogP contribution >= 0.6 is 11.6 Å². The van der Waals surface area contributed by atoms with Gasteiger partial charge in [-0.25, -0.2) is 18.7 Å². The molecule has 0 aliphatic heterocycles. The minimum atomic E-state index is -1.38. The summed E-state index contributed by atoms with van der Waals surface area (Å²) in [5.41, 5.74) is 2.82. The zero-order valence-corrected chi connectivity index (χ0v) is 25.2. The average Bonchev–Trinajstić information content (AvgIpc) is 3.59. The van der Waals surface area contributed by atoms with Gasteiger partial charge in [-0.1, -0.05) is 48.0 Å². The van der Waals surface area contributed by atoms with Gasteiger partial charge in [0.1, 0.15) is 24.2 Å². The van der Waals surface area contributed by atoms with Crippen LogP contribution in [-0.2, 0) is 16.1 Å². The lowest BCUT2D eigenvalue weighted by Gasteiger charge is -2.19. The van der Waals surface area contributed by atoms with E-state index in [4.69, 9.17) is 11.6 Å². The normalized spacial score (nSPS) is 17.8. The molecular formula is C34H28ClF2N5O3. The molecule has 1 unspecified atom stereocenters. The zero-order chi connectivity index (χ0) is 31.8. The first-order valence-corrected chi connectivity index (χ1v) is 14.8. The highest BCUT2D eigenvalue weighted by Crippen LogP contribution is 2.38. The third-order valence-electron chi connectivity index (χ3n) is 8.18. The monoisotopic (exact) mass is 627 g/mol. The van der Waals surface area contributed by atoms with E-state index in [1.807, 2.05) is 6.07 Å². The van der Waals surface area contributed by atoms with Gasteiger partial charge in [-0.2, -0.15) is 5.10 Å². The molecule has 1 saturated carbocycles. The number of alkyl halides is 1. The Balaban J connectivity index is 1.25. The molecule has 1 aliphatic carbocycles. The average molecular weight is 628 g/mol. The Kier molecular flexibility index (Phi) is 8.24. The number of carbonyl (C=O) groups is 3. The summed E-state index contributed by atoms with van der Waals surface area (Å²) in [6.45, 7) is 2.90. The molecular weight excluding hydrogens is 600 g/mol. The van der Waals surface area contributed by atoms with Crippen molar-refractivity contribution >= 4 is 45.7 Å². The summed E-state index contributed by atoms with van der Waals surface area (Å²) >= 11 is 6.26. The SMILES string of the molecule is CC(=O)c1nn(CC(=O)[C@@H]2C[C@H](F)CC2C(=O)Nc2cccc(-c3ccccc3Cl)c2F)c2ccc(-c3cnc(C)nc3)cc12. The second-order valence-electron chi connectivity index (χ2n) is 11.2. The van der Waals surface area contributed by atoms with Gasteiger partial charge in [0.15, 0.2) is 17.4 Å². The maximum atomic E-state index is 15.5. The Morgan fingerprint density at radius 1 is 0.956 bits per heavy atom. The van der Waals surface area contributed by atoms with Gasteiger partial charge in [-0.05, 0) is 49.6 Å². The number of fused-ring (bicyclic) bond motifs is 1. The van der Waals surface area contributed by atoms with E-state index in [1.54, 1.807) is 67.8 Å². The van der Waals surface area contributed by atoms with Crippen molar-refractivity contribution in [1.29, 1.82) is 0 Å². The van der Waals surface area contributed by atoms with Crippen molar-refractivity contribution in [3.63, 3.8) is 0 Å². The predicted octanol–water partition coefficient (Wildman–Crippen LogP) is 7.04. The molecule has 1 aliphatic rings. The molecule has 11 heteroatoms. The number of carbonyl (C=O) groups excluding carboxylic acids is 3. The van der Waals surface area contributed by atoms with Crippen molar-refractivity contribution in [2.45, 2.75) is 39.4 Å². The molecule has 3 aromatic carbocycles. The van der Waals surface area contributed by atoms with Gasteiger partial charge in [0.2, 0.25) is 5.91 Å². The van der Waals surface area contributed by atoms with Crippen LogP contribution in [0.4, 0.5) is 14.5 Å². The number of ketones is 2. The van der Waals surface area contributed by atoms with Gasteiger partial charge < -0.3 is 5.32 Å². The van der Waals surface area contributed by atoms with Gasteiger partial charge >= 0.3 is 0 Å². The number of amides is 1. The summed E-state index contributed by atoms with van der Waals surface area (Å²) in [5, 5.41) is 7.89. The van der Waals surface area contributed by atoms with Crippen LogP contribution in [0.3, 0.4) is 0 Å². The number of hydrogen-bond donors (Lipinski definition) is 1. The Morgan fingerprint density at radius 2 is 1.67 bits per heavy atom. The number of benzene rings is 3. The number of Topliss-reactive ketones (excluding diaryl/α,β-unsaturated/α-hetero) is 2. The van der Waals surface area contributed by atoms with Crippen LogP contribution in [0.25, 0.3) is 33.2 Å². The highest BCUT2D eigenvalue weighted by Gasteiger charge is 2.43. The largest absolute Gasteiger partial charge is 0.323 e. The van der Waals surface area contributed by atoms with Crippen molar-refractivity contribution in [2.24, 2.45) is 11.8 Å². The molecule has 0 bridgehead atoms. The van der Waals surface area contributed by atoms with Crippen LogP contribution in [0.15, 0.2) is 73.1 Å². The van der Waals surface area contributed by atoms with E-state index in [0.29, 0.717) is 27.3 Å². The molecule has 0 radical (unpaired) electrons. The van der Waals surface area contributed by atoms with Crippen molar-refractivity contribution in [2.75, 3.05) is 5.32 Å². The van der Waals surface area contributed by atoms with Crippen LogP contribution in [0, 0.1) is 24.6 Å². The number of hydrogen-bond acceptors (Lipinski definition) is 6. The lowest BCUT2D eigenvalue weighted by molar-refractivity contribution is -0.130. The third-order valence-corrected chi connectivity index (χ3v) is 8.51. The summed E-state index contributed by atoms with van der Waals surface area (Å²) in [5.74, 6) is -3.38. The fourth-order valence-corrected chi connectivity index (χ4v) is 6.15. The molecule has 2 aromatic heterocycles. The minimum absolute atomic E-state index is 0.0927. The molecule has 0 spiro atoms. The van der Waals surface area contributed by atoms with Crippen LogP contribution in [0.5, 0.6) is 0 Å². The van der Waals surface area contributed by atoms with E-state index in [9.17, 15) is 18.8 Å². The van der Waals surface area contributed by atoms with Crippen LogP contribution in [-0.4, -0.2) is 43.4 Å². The number of halogens is 3. The second-order valence-corrected chi connectivity index (χ2v) is 11.6. The quantitative estimate of drug-likeness (QED) is 0.185. The van der Waals surface area contributed by atoms with Crippen molar-refractivity contribution in [3.8, 4) is 22.3 Å². The van der Waals surface area contributed by atoms with Gasteiger partial charge in [0.25, 0.3) is 0 Å². The highest BCUT2D eigenvalue weighted by molar-refractivity contribution is 6.33. The van der Waals surface area contributed by atoms with E-state index in [0.717, 1.165) is 11.1 Å². The lowest BCUT2D eigenvalue weighted by atomic mass is 9.91. The molecule has 3 atom stereocenters. The van der Waals surface area contributed by atoms with Gasteiger partial charge in [-0.3, -0.25) is 19.1 Å². The maximum Gasteiger partial charge on any atom is 0.228 e. The first-order valence-electron chi connectivity index (χ1n) is 14.4. The smallest absolute Gasteiger partial charge is 0.228 e.